The van der Waals surface area contributed by atoms with Crippen LogP contribution in [-0.4, -0.2) is 41.1 Å². The molecule has 0 aromatic heterocycles. The number of nitrogens with zero attached hydrogens (tertiary/aromatic N) is 1. The Balaban J connectivity index is 4.31. The second-order valence-electron chi connectivity index (χ2n) is 5.26. The zero-order chi connectivity index (χ0) is 13.6. The van der Waals surface area contributed by atoms with Gasteiger partial charge in [-0.15, -0.1) is 0 Å². The van der Waals surface area contributed by atoms with Crippen LogP contribution in [0.2, 0.25) is 0 Å². The van der Waals surface area contributed by atoms with E-state index < -0.39 is 5.97 Å². The second kappa shape index (κ2) is 6.47. The van der Waals surface area contributed by atoms with Gasteiger partial charge in [0.15, 0.2) is 0 Å². The maximum Gasteiger partial charge on any atom is 0.317 e. The lowest BCUT2D eigenvalue weighted by molar-refractivity contribution is -0.137. The fourth-order valence-electron chi connectivity index (χ4n) is 1.13. The Labute approximate surface area is 103 Å². The van der Waals surface area contributed by atoms with Crippen molar-refractivity contribution in [3.63, 3.8) is 0 Å². The van der Waals surface area contributed by atoms with E-state index in [1.165, 1.54) is 4.90 Å². The molecule has 0 spiro atoms. The summed E-state index contributed by atoms with van der Waals surface area (Å²) in [5.41, 5.74) is -0.0120. The molecule has 0 aliphatic rings. The van der Waals surface area contributed by atoms with E-state index in [1.807, 2.05) is 34.6 Å². The number of hydrogen-bond donors (Lipinski definition) is 2. The summed E-state index contributed by atoms with van der Waals surface area (Å²) in [6.45, 7) is 10.7. The number of carboxylic acid groups (broad SMARTS) is 1. The molecule has 0 aromatic carbocycles. The number of carbonyl (C=O) groups excluding carboxylic acids is 1. The smallest absolute Gasteiger partial charge is 0.317 e. The maximum atomic E-state index is 11.9. The third kappa shape index (κ3) is 6.14. The van der Waals surface area contributed by atoms with Crippen molar-refractivity contribution in [2.24, 2.45) is 5.41 Å². The van der Waals surface area contributed by atoms with Crippen LogP contribution in [0.4, 0.5) is 4.79 Å². The van der Waals surface area contributed by atoms with Crippen molar-refractivity contribution in [2.45, 2.75) is 47.1 Å². The molecule has 1 atom stereocenters. The molecular weight excluding hydrogens is 220 g/mol. The number of nitrogens with one attached hydrogen (secondary N) is 1. The highest BCUT2D eigenvalue weighted by Crippen LogP contribution is 2.18. The molecule has 0 radical (unpaired) electrons. The third-order valence-corrected chi connectivity index (χ3v) is 2.90. The lowest BCUT2D eigenvalue weighted by Crippen LogP contribution is -2.48. The highest BCUT2D eigenvalue weighted by atomic mass is 16.4. The van der Waals surface area contributed by atoms with Crippen LogP contribution in [0.3, 0.4) is 0 Å². The molecule has 0 bridgehead atoms. The van der Waals surface area contributed by atoms with E-state index in [-0.39, 0.29) is 30.5 Å². The number of aliphatic carboxylic acids is 1. The van der Waals surface area contributed by atoms with E-state index in [0.29, 0.717) is 6.54 Å². The predicted octanol–water partition coefficient (Wildman–Crippen LogP) is 1.93. The first-order chi connectivity index (χ1) is 7.68. The topological polar surface area (TPSA) is 69.6 Å². The van der Waals surface area contributed by atoms with Gasteiger partial charge < -0.3 is 15.3 Å². The van der Waals surface area contributed by atoms with Crippen molar-refractivity contribution >= 4 is 12.0 Å². The molecule has 0 heterocycles. The molecule has 17 heavy (non-hydrogen) atoms. The van der Waals surface area contributed by atoms with Crippen LogP contribution in [0.1, 0.15) is 41.0 Å². The largest absolute Gasteiger partial charge is 0.481 e. The van der Waals surface area contributed by atoms with Gasteiger partial charge in [0.1, 0.15) is 0 Å². The van der Waals surface area contributed by atoms with E-state index in [1.54, 1.807) is 0 Å². The van der Waals surface area contributed by atoms with Gasteiger partial charge in [0.25, 0.3) is 0 Å². The van der Waals surface area contributed by atoms with E-state index in [0.717, 1.165) is 0 Å². The van der Waals surface area contributed by atoms with Crippen LogP contribution < -0.4 is 5.32 Å². The van der Waals surface area contributed by atoms with Gasteiger partial charge in [0.2, 0.25) is 0 Å². The first-order valence-corrected chi connectivity index (χ1v) is 5.95. The Hall–Kier alpha value is -1.26. The molecule has 5 heteroatoms. The second-order valence-corrected chi connectivity index (χ2v) is 5.26. The number of carbonyl (C=O) groups is 2. The number of hydrogen-bond acceptors (Lipinski definition) is 2. The van der Waals surface area contributed by atoms with Gasteiger partial charge in [-0.3, -0.25) is 4.79 Å². The van der Waals surface area contributed by atoms with E-state index in [4.69, 9.17) is 5.11 Å². The first kappa shape index (κ1) is 15.7. The summed E-state index contributed by atoms with van der Waals surface area (Å²) in [6.07, 6.45) is -0.0227. The number of rotatable bonds is 5. The average Bonchev–Trinajstić information content (AvgIpc) is 2.16. The van der Waals surface area contributed by atoms with Crippen molar-refractivity contribution in [1.82, 2.24) is 10.2 Å². The molecule has 1 unspecified atom stereocenters. The Morgan fingerprint density at radius 2 is 1.88 bits per heavy atom. The Kier molecular flexibility index (Phi) is 5.99. The van der Waals surface area contributed by atoms with Crippen molar-refractivity contribution in [1.29, 1.82) is 0 Å². The third-order valence-electron chi connectivity index (χ3n) is 2.90. The number of urea groups is 1. The summed E-state index contributed by atoms with van der Waals surface area (Å²) in [4.78, 5) is 23.8. The summed E-state index contributed by atoms with van der Waals surface area (Å²) < 4.78 is 0. The zero-order valence-corrected chi connectivity index (χ0v) is 11.4. The summed E-state index contributed by atoms with van der Waals surface area (Å²) in [6, 6.07) is -0.162. The van der Waals surface area contributed by atoms with E-state index in [2.05, 4.69) is 5.32 Å². The summed E-state index contributed by atoms with van der Waals surface area (Å²) in [7, 11) is 0. The molecule has 0 saturated heterocycles. The molecule has 0 aromatic rings. The van der Waals surface area contributed by atoms with E-state index in [9.17, 15) is 9.59 Å². The fourth-order valence-corrected chi connectivity index (χ4v) is 1.13. The van der Waals surface area contributed by atoms with Crippen molar-refractivity contribution in [3.05, 3.63) is 0 Å². The molecule has 0 rings (SSSR count). The Bertz CT molecular complexity index is 271. The van der Waals surface area contributed by atoms with Crippen LogP contribution in [-0.2, 0) is 4.79 Å². The predicted molar refractivity (Wildman–Crippen MR) is 66.9 cm³/mol. The van der Waals surface area contributed by atoms with Gasteiger partial charge in [0, 0.05) is 19.1 Å². The summed E-state index contributed by atoms with van der Waals surface area (Å²) >= 11 is 0. The highest BCUT2D eigenvalue weighted by molar-refractivity contribution is 5.75. The summed E-state index contributed by atoms with van der Waals surface area (Å²) in [5.74, 6) is -0.889. The monoisotopic (exact) mass is 244 g/mol. The molecular formula is C12H24N2O3. The molecule has 0 fully saturated rings. The van der Waals surface area contributed by atoms with Gasteiger partial charge in [-0.25, -0.2) is 4.79 Å². The SMILES string of the molecule is CCN(CCC(=O)O)C(=O)NC(C)C(C)(C)C. The standard InChI is InChI=1S/C12H24N2O3/c1-6-14(8-7-10(15)16)11(17)13-9(2)12(3,4)5/h9H,6-8H2,1-5H3,(H,13,17)(H,15,16). The lowest BCUT2D eigenvalue weighted by Gasteiger charge is -2.31. The molecule has 2 amide bonds. The molecule has 100 valence electrons. The average molecular weight is 244 g/mol. The fraction of sp³-hybridized carbons (Fsp3) is 0.833. The first-order valence-electron chi connectivity index (χ1n) is 5.95. The molecule has 2 N–H and O–H groups in total. The van der Waals surface area contributed by atoms with Crippen molar-refractivity contribution in [3.8, 4) is 0 Å². The van der Waals surface area contributed by atoms with Crippen molar-refractivity contribution in [2.75, 3.05) is 13.1 Å². The maximum absolute atomic E-state index is 11.9. The summed E-state index contributed by atoms with van der Waals surface area (Å²) in [5, 5.41) is 11.5. The highest BCUT2D eigenvalue weighted by Gasteiger charge is 2.23. The van der Waals surface area contributed by atoms with Gasteiger partial charge in [-0.2, -0.15) is 0 Å². The minimum absolute atomic E-state index is 0.0120. The lowest BCUT2D eigenvalue weighted by atomic mass is 9.88. The Morgan fingerprint density at radius 1 is 1.35 bits per heavy atom. The normalized spacial score (nSPS) is 13.0. The molecule has 0 saturated carbocycles. The molecule has 5 nitrogen and oxygen atoms in total. The van der Waals surface area contributed by atoms with E-state index >= 15 is 0 Å². The molecule has 0 aliphatic carbocycles. The minimum atomic E-state index is -0.889. The number of carboxylic acids is 1. The molecule has 0 aliphatic heterocycles. The van der Waals surface area contributed by atoms with Crippen LogP contribution >= 0.6 is 0 Å². The Morgan fingerprint density at radius 3 is 2.24 bits per heavy atom. The van der Waals surface area contributed by atoms with Gasteiger partial charge >= 0.3 is 12.0 Å². The van der Waals surface area contributed by atoms with Crippen molar-refractivity contribution < 1.29 is 14.7 Å². The number of amides is 2. The zero-order valence-electron chi connectivity index (χ0n) is 11.4. The van der Waals surface area contributed by atoms with Gasteiger partial charge in [-0.1, -0.05) is 20.8 Å². The minimum Gasteiger partial charge on any atom is -0.481 e. The van der Waals surface area contributed by atoms with Gasteiger partial charge in [0.05, 0.1) is 6.42 Å². The van der Waals surface area contributed by atoms with Crippen LogP contribution in [0.25, 0.3) is 0 Å². The van der Waals surface area contributed by atoms with Crippen LogP contribution in [0, 0.1) is 5.41 Å². The van der Waals surface area contributed by atoms with Gasteiger partial charge in [-0.05, 0) is 19.3 Å². The quantitative estimate of drug-likeness (QED) is 0.776. The van der Waals surface area contributed by atoms with Crippen LogP contribution in [0.15, 0.2) is 0 Å². The van der Waals surface area contributed by atoms with Crippen LogP contribution in [0.5, 0.6) is 0 Å².